The molecule has 0 spiro atoms. The van der Waals surface area contributed by atoms with Crippen molar-refractivity contribution in [1.82, 2.24) is 0 Å². The molecule has 20 heavy (non-hydrogen) atoms. The second-order valence-electron chi connectivity index (χ2n) is 4.73. The van der Waals surface area contributed by atoms with Gasteiger partial charge in [-0.15, -0.1) is 0 Å². The van der Waals surface area contributed by atoms with Gasteiger partial charge in [0.1, 0.15) is 0 Å². The van der Waals surface area contributed by atoms with E-state index in [9.17, 15) is 14.9 Å². The normalized spacial score (nSPS) is 14.8. The minimum Gasteiger partial charge on any atom is -0.466 e. The Hall–Kier alpha value is -1.57. The molecule has 0 saturated heterocycles. The number of hydrogen-bond acceptors (Lipinski definition) is 5. The van der Waals surface area contributed by atoms with Crippen molar-refractivity contribution in [2.24, 2.45) is 11.3 Å². The zero-order valence-corrected chi connectivity index (χ0v) is 12.9. The highest BCUT2D eigenvalue weighted by Crippen LogP contribution is 2.35. The Kier molecular flexibility index (Phi) is 8.62. The van der Waals surface area contributed by atoms with Crippen molar-refractivity contribution < 1.29 is 19.1 Å². The van der Waals surface area contributed by atoms with Gasteiger partial charge >= 0.3 is 11.9 Å². The maximum absolute atomic E-state index is 12.2. The Balaban J connectivity index is 5.24. The van der Waals surface area contributed by atoms with Crippen LogP contribution < -0.4 is 0 Å². The van der Waals surface area contributed by atoms with Crippen LogP contribution in [-0.4, -0.2) is 25.2 Å². The molecule has 5 heteroatoms. The van der Waals surface area contributed by atoms with Gasteiger partial charge in [0.2, 0.25) is 0 Å². The zero-order chi connectivity index (χ0) is 15.6. The van der Waals surface area contributed by atoms with E-state index < -0.39 is 23.3 Å². The number of carbonyl (C=O) groups excluding carboxylic acids is 2. The van der Waals surface area contributed by atoms with Crippen LogP contribution in [0.25, 0.3) is 0 Å². The SMILES string of the molecule is CCCCCC(C#N)(C(=O)OCC)C(C)C(=O)OCC. The molecule has 114 valence electrons. The maximum atomic E-state index is 12.2. The third-order valence-corrected chi connectivity index (χ3v) is 3.39. The second-order valence-corrected chi connectivity index (χ2v) is 4.73. The third kappa shape index (κ3) is 4.52. The molecule has 2 unspecified atom stereocenters. The molecule has 0 aliphatic carbocycles. The summed E-state index contributed by atoms with van der Waals surface area (Å²) < 4.78 is 9.96. The lowest BCUT2D eigenvalue weighted by atomic mass is 9.73. The lowest BCUT2D eigenvalue weighted by molar-refractivity contribution is -0.165. The number of unbranched alkanes of at least 4 members (excludes halogenated alkanes) is 2. The van der Waals surface area contributed by atoms with Crippen molar-refractivity contribution in [2.45, 2.75) is 53.4 Å². The lowest BCUT2D eigenvalue weighted by Crippen LogP contribution is -2.42. The maximum Gasteiger partial charge on any atom is 0.327 e. The van der Waals surface area contributed by atoms with Crippen LogP contribution in [0.4, 0.5) is 0 Å². The fourth-order valence-electron chi connectivity index (χ4n) is 2.08. The molecule has 0 radical (unpaired) electrons. The second kappa shape index (κ2) is 9.35. The number of rotatable bonds is 9. The quantitative estimate of drug-likeness (QED) is 0.480. The molecule has 0 N–H and O–H groups in total. The first-order valence-corrected chi connectivity index (χ1v) is 7.25. The summed E-state index contributed by atoms with van der Waals surface area (Å²) in [4.78, 5) is 24.1. The summed E-state index contributed by atoms with van der Waals surface area (Å²) in [6.45, 7) is 7.38. The standard InChI is InChI=1S/C15H25NO4/c1-5-8-9-10-15(11-16,14(18)20-7-3)12(4)13(17)19-6-2/h12H,5-10H2,1-4H3. The molecule has 2 atom stereocenters. The van der Waals surface area contributed by atoms with E-state index in [1.165, 1.54) is 0 Å². The smallest absolute Gasteiger partial charge is 0.327 e. The number of esters is 2. The van der Waals surface area contributed by atoms with Gasteiger partial charge in [0.15, 0.2) is 5.41 Å². The Morgan fingerprint density at radius 1 is 1.15 bits per heavy atom. The van der Waals surface area contributed by atoms with Crippen LogP contribution in [0, 0.1) is 22.7 Å². The van der Waals surface area contributed by atoms with Gasteiger partial charge in [0.25, 0.3) is 0 Å². The number of hydrogen-bond donors (Lipinski definition) is 0. The van der Waals surface area contributed by atoms with Crippen LogP contribution in [0.1, 0.15) is 53.4 Å². The first-order valence-electron chi connectivity index (χ1n) is 7.25. The molecule has 0 aromatic carbocycles. The van der Waals surface area contributed by atoms with E-state index in [4.69, 9.17) is 9.47 Å². The Morgan fingerprint density at radius 3 is 2.20 bits per heavy atom. The van der Waals surface area contributed by atoms with Crippen LogP contribution in [0.5, 0.6) is 0 Å². The number of ether oxygens (including phenoxy) is 2. The third-order valence-electron chi connectivity index (χ3n) is 3.39. The van der Waals surface area contributed by atoms with Gasteiger partial charge in [0, 0.05) is 0 Å². The number of nitriles is 1. The van der Waals surface area contributed by atoms with Gasteiger partial charge in [-0.2, -0.15) is 5.26 Å². The van der Waals surface area contributed by atoms with E-state index in [1.807, 2.05) is 13.0 Å². The highest BCUT2D eigenvalue weighted by molar-refractivity contribution is 5.87. The van der Waals surface area contributed by atoms with E-state index in [2.05, 4.69) is 0 Å². The first-order chi connectivity index (χ1) is 9.49. The number of carbonyl (C=O) groups is 2. The lowest BCUT2D eigenvalue weighted by Gasteiger charge is -2.29. The first kappa shape index (κ1) is 18.4. The summed E-state index contributed by atoms with van der Waals surface area (Å²) in [5, 5.41) is 9.50. The highest BCUT2D eigenvalue weighted by Gasteiger charge is 2.49. The highest BCUT2D eigenvalue weighted by atomic mass is 16.5. The van der Waals surface area contributed by atoms with Gasteiger partial charge in [-0.25, -0.2) is 0 Å². The fraction of sp³-hybridized carbons (Fsp3) is 0.800. The average molecular weight is 283 g/mol. The van der Waals surface area contributed by atoms with E-state index in [0.29, 0.717) is 12.8 Å². The Morgan fingerprint density at radius 2 is 1.75 bits per heavy atom. The average Bonchev–Trinajstić information content (AvgIpc) is 2.43. The van der Waals surface area contributed by atoms with Gasteiger partial charge in [-0.1, -0.05) is 26.2 Å². The summed E-state index contributed by atoms with van der Waals surface area (Å²) in [5.41, 5.74) is -1.45. The van der Waals surface area contributed by atoms with Crippen molar-refractivity contribution in [1.29, 1.82) is 5.26 Å². The molecule has 5 nitrogen and oxygen atoms in total. The Bertz CT molecular complexity index is 361. The van der Waals surface area contributed by atoms with Crippen molar-refractivity contribution in [3.05, 3.63) is 0 Å². The minimum atomic E-state index is -1.45. The minimum absolute atomic E-state index is 0.186. The molecule has 0 aliphatic heterocycles. The Labute approximate surface area is 121 Å². The topological polar surface area (TPSA) is 76.4 Å². The molecular weight excluding hydrogens is 258 g/mol. The van der Waals surface area contributed by atoms with Crippen molar-refractivity contribution >= 4 is 11.9 Å². The van der Waals surface area contributed by atoms with Crippen LogP contribution in [0.15, 0.2) is 0 Å². The predicted octanol–water partition coefficient (Wildman–Crippen LogP) is 2.84. The van der Waals surface area contributed by atoms with Gasteiger partial charge in [0.05, 0.1) is 25.2 Å². The summed E-state index contributed by atoms with van der Waals surface area (Å²) in [6.07, 6.45) is 2.89. The van der Waals surface area contributed by atoms with Gasteiger partial charge < -0.3 is 9.47 Å². The van der Waals surface area contributed by atoms with E-state index in [0.717, 1.165) is 12.8 Å². The molecule has 0 aromatic heterocycles. The molecule has 0 aliphatic rings. The summed E-state index contributed by atoms with van der Waals surface area (Å²) in [6, 6.07) is 2.02. The van der Waals surface area contributed by atoms with Crippen molar-refractivity contribution in [3.8, 4) is 6.07 Å². The zero-order valence-electron chi connectivity index (χ0n) is 12.9. The molecule has 0 heterocycles. The van der Waals surface area contributed by atoms with Crippen LogP contribution in [0.3, 0.4) is 0 Å². The summed E-state index contributed by atoms with van der Waals surface area (Å²) in [7, 11) is 0. The van der Waals surface area contributed by atoms with Crippen LogP contribution in [-0.2, 0) is 19.1 Å². The molecule has 0 fully saturated rings. The number of nitrogens with zero attached hydrogens (tertiary/aromatic N) is 1. The van der Waals surface area contributed by atoms with Crippen LogP contribution in [0.2, 0.25) is 0 Å². The molecule has 0 amide bonds. The fourth-order valence-corrected chi connectivity index (χ4v) is 2.08. The van der Waals surface area contributed by atoms with Crippen LogP contribution >= 0.6 is 0 Å². The van der Waals surface area contributed by atoms with Gasteiger partial charge in [-0.05, 0) is 27.2 Å². The summed E-state index contributed by atoms with van der Waals surface area (Å²) >= 11 is 0. The molecule has 0 aromatic rings. The van der Waals surface area contributed by atoms with E-state index in [1.54, 1.807) is 20.8 Å². The molecule has 0 bridgehead atoms. The molecular formula is C15H25NO4. The molecule has 0 saturated carbocycles. The monoisotopic (exact) mass is 283 g/mol. The van der Waals surface area contributed by atoms with Crippen molar-refractivity contribution in [2.75, 3.05) is 13.2 Å². The van der Waals surface area contributed by atoms with Gasteiger partial charge in [-0.3, -0.25) is 9.59 Å². The van der Waals surface area contributed by atoms with E-state index >= 15 is 0 Å². The summed E-state index contributed by atoms with van der Waals surface area (Å²) in [5.74, 6) is -1.99. The van der Waals surface area contributed by atoms with Crippen molar-refractivity contribution in [3.63, 3.8) is 0 Å². The largest absolute Gasteiger partial charge is 0.466 e. The van der Waals surface area contributed by atoms with E-state index in [-0.39, 0.29) is 13.2 Å². The molecule has 0 rings (SSSR count). The predicted molar refractivity (Wildman–Crippen MR) is 74.6 cm³/mol.